The van der Waals surface area contributed by atoms with Crippen LogP contribution in [0.15, 0.2) is 47.4 Å². The van der Waals surface area contributed by atoms with Crippen molar-refractivity contribution in [3.63, 3.8) is 0 Å². The molecule has 0 heterocycles. The van der Waals surface area contributed by atoms with Gasteiger partial charge in [0.15, 0.2) is 0 Å². The molecule has 1 aliphatic rings. The SMILES string of the molecule is CC(C)(C)c1ccc(O)c(NC(=O)c2cccc(S(=O)(=O)NC3CC3)c2)c1. The van der Waals surface area contributed by atoms with Crippen LogP contribution in [0.4, 0.5) is 5.69 Å². The highest BCUT2D eigenvalue weighted by atomic mass is 32.2. The van der Waals surface area contributed by atoms with E-state index in [1.165, 1.54) is 30.3 Å². The van der Waals surface area contributed by atoms with Gasteiger partial charge in [-0.1, -0.05) is 32.9 Å². The number of benzene rings is 2. The van der Waals surface area contributed by atoms with Crippen LogP contribution in [0.5, 0.6) is 5.75 Å². The lowest BCUT2D eigenvalue weighted by Crippen LogP contribution is -2.26. The van der Waals surface area contributed by atoms with Crippen LogP contribution in [0.25, 0.3) is 0 Å². The number of sulfonamides is 1. The number of carbonyl (C=O) groups excluding carboxylic acids is 1. The molecular weight excluding hydrogens is 364 g/mol. The second kappa shape index (κ2) is 6.98. The van der Waals surface area contributed by atoms with Gasteiger partial charge >= 0.3 is 0 Å². The van der Waals surface area contributed by atoms with Crippen molar-refractivity contribution in [2.75, 3.05) is 5.32 Å². The summed E-state index contributed by atoms with van der Waals surface area (Å²) in [4.78, 5) is 12.7. The lowest BCUT2D eigenvalue weighted by molar-refractivity contribution is 0.102. The standard InChI is InChI=1S/C20H24N2O4S/c1-20(2,3)14-7-10-18(23)17(12-14)21-19(24)13-5-4-6-16(11-13)27(25,26)22-15-8-9-15/h4-7,10-12,15,22-23H,8-9H2,1-3H3,(H,21,24). The van der Waals surface area contributed by atoms with Gasteiger partial charge in [0, 0.05) is 11.6 Å². The van der Waals surface area contributed by atoms with E-state index >= 15 is 0 Å². The van der Waals surface area contributed by atoms with E-state index in [0.29, 0.717) is 0 Å². The molecule has 144 valence electrons. The Morgan fingerprint density at radius 1 is 1.11 bits per heavy atom. The zero-order chi connectivity index (χ0) is 19.8. The Labute approximate surface area is 159 Å². The van der Waals surface area contributed by atoms with Gasteiger partial charge in [0.2, 0.25) is 10.0 Å². The molecule has 2 aromatic carbocycles. The number of amides is 1. The third-order valence-electron chi connectivity index (χ3n) is 4.42. The van der Waals surface area contributed by atoms with E-state index in [0.717, 1.165) is 18.4 Å². The highest BCUT2D eigenvalue weighted by Gasteiger charge is 2.28. The molecular formula is C20H24N2O4S. The predicted molar refractivity (Wildman–Crippen MR) is 105 cm³/mol. The van der Waals surface area contributed by atoms with Crippen LogP contribution in [0.2, 0.25) is 0 Å². The van der Waals surface area contributed by atoms with Gasteiger partial charge in [-0.25, -0.2) is 13.1 Å². The van der Waals surface area contributed by atoms with Gasteiger partial charge < -0.3 is 10.4 Å². The summed E-state index contributed by atoms with van der Waals surface area (Å²) >= 11 is 0. The predicted octanol–water partition coefficient (Wildman–Crippen LogP) is 3.38. The Morgan fingerprint density at radius 2 is 1.81 bits per heavy atom. The lowest BCUT2D eigenvalue weighted by atomic mass is 9.87. The highest BCUT2D eigenvalue weighted by Crippen LogP contribution is 2.31. The number of phenols is 1. The van der Waals surface area contributed by atoms with Gasteiger partial charge in [-0.3, -0.25) is 4.79 Å². The first-order valence-corrected chi connectivity index (χ1v) is 10.3. The van der Waals surface area contributed by atoms with Crippen molar-refractivity contribution in [1.29, 1.82) is 0 Å². The third kappa shape index (κ3) is 4.67. The number of aromatic hydroxyl groups is 1. The van der Waals surface area contributed by atoms with Crippen LogP contribution in [0.3, 0.4) is 0 Å². The molecule has 0 aromatic heterocycles. The second-order valence-electron chi connectivity index (χ2n) is 7.86. The molecule has 3 rings (SSSR count). The Hall–Kier alpha value is -2.38. The number of carbonyl (C=O) groups is 1. The van der Waals surface area contributed by atoms with Crippen molar-refractivity contribution < 1.29 is 18.3 Å². The van der Waals surface area contributed by atoms with Gasteiger partial charge in [-0.15, -0.1) is 0 Å². The maximum Gasteiger partial charge on any atom is 0.255 e. The smallest absolute Gasteiger partial charge is 0.255 e. The summed E-state index contributed by atoms with van der Waals surface area (Å²) in [7, 11) is -3.64. The van der Waals surface area contributed by atoms with Crippen LogP contribution in [0, 0.1) is 0 Å². The fraction of sp³-hybridized carbons (Fsp3) is 0.350. The molecule has 0 radical (unpaired) electrons. The van der Waals surface area contributed by atoms with E-state index in [2.05, 4.69) is 10.0 Å². The zero-order valence-corrected chi connectivity index (χ0v) is 16.4. The number of rotatable bonds is 5. The largest absolute Gasteiger partial charge is 0.506 e. The average Bonchev–Trinajstić information content (AvgIpc) is 3.39. The number of anilines is 1. The van der Waals surface area contributed by atoms with Gasteiger partial charge in [0.05, 0.1) is 10.6 Å². The Kier molecular flexibility index (Phi) is 5.01. The number of hydrogen-bond donors (Lipinski definition) is 3. The van der Waals surface area contributed by atoms with Gasteiger partial charge in [-0.05, 0) is 54.2 Å². The van der Waals surface area contributed by atoms with Crippen molar-refractivity contribution in [2.45, 2.75) is 50.0 Å². The summed E-state index contributed by atoms with van der Waals surface area (Å²) in [6.45, 7) is 6.10. The topological polar surface area (TPSA) is 95.5 Å². The maximum atomic E-state index is 12.6. The minimum Gasteiger partial charge on any atom is -0.506 e. The molecule has 0 unspecified atom stereocenters. The van der Waals surface area contributed by atoms with Gasteiger partial charge in [-0.2, -0.15) is 0 Å². The molecule has 1 saturated carbocycles. The van der Waals surface area contributed by atoms with Crippen molar-refractivity contribution in [3.8, 4) is 5.75 Å². The zero-order valence-electron chi connectivity index (χ0n) is 15.6. The first-order chi connectivity index (χ1) is 12.6. The molecule has 1 amide bonds. The molecule has 6 nitrogen and oxygen atoms in total. The molecule has 27 heavy (non-hydrogen) atoms. The summed E-state index contributed by atoms with van der Waals surface area (Å²) in [6, 6.07) is 10.9. The van der Waals surface area contributed by atoms with Gasteiger partial charge in [0.1, 0.15) is 5.75 Å². The molecule has 0 bridgehead atoms. The number of nitrogens with one attached hydrogen (secondary N) is 2. The van der Waals surface area contributed by atoms with Crippen LogP contribution < -0.4 is 10.0 Å². The summed E-state index contributed by atoms with van der Waals surface area (Å²) < 4.78 is 27.3. The average molecular weight is 388 g/mol. The quantitative estimate of drug-likeness (QED) is 0.684. The van der Waals surface area contributed by atoms with Crippen molar-refractivity contribution in [2.24, 2.45) is 0 Å². The Morgan fingerprint density at radius 3 is 2.44 bits per heavy atom. The fourth-order valence-corrected chi connectivity index (χ4v) is 3.94. The minimum atomic E-state index is -3.64. The summed E-state index contributed by atoms with van der Waals surface area (Å²) in [6.07, 6.45) is 1.67. The second-order valence-corrected chi connectivity index (χ2v) is 9.57. The molecule has 0 atom stereocenters. The molecule has 0 spiro atoms. The summed E-state index contributed by atoms with van der Waals surface area (Å²) in [5.41, 5.74) is 1.31. The molecule has 1 fully saturated rings. The molecule has 7 heteroatoms. The van der Waals surface area contributed by atoms with E-state index in [4.69, 9.17) is 0 Å². The van der Waals surface area contributed by atoms with Crippen LogP contribution in [0.1, 0.15) is 49.5 Å². The van der Waals surface area contributed by atoms with E-state index in [-0.39, 0.29) is 33.4 Å². The van der Waals surface area contributed by atoms with E-state index in [1.54, 1.807) is 6.07 Å². The first kappa shape index (κ1) is 19.4. The Bertz CT molecular complexity index is 974. The lowest BCUT2D eigenvalue weighted by Gasteiger charge is -2.20. The number of hydrogen-bond acceptors (Lipinski definition) is 4. The summed E-state index contributed by atoms with van der Waals surface area (Å²) in [5.74, 6) is -0.532. The van der Waals surface area contributed by atoms with E-state index in [9.17, 15) is 18.3 Å². The van der Waals surface area contributed by atoms with E-state index in [1.807, 2.05) is 26.8 Å². The van der Waals surface area contributed by atoms with Crippen molar-refractivity contribution in [3.05, 3.63) is 53.6 Å². The van der Waals surface area contributed by atoms with Crippen LogP contribution in [-0.4, -0.2) is 25.5 Å². The Balaban J connectivity index is 1.84. The molecule has 1 aliphatic carbocycles. The number of phenolic OH excluding ortho intramolecular Hbond substituents is 1. The van der Waals surface area contributed by atoms with Crippen LogP contribution >= 0.6 is 0 Å². The summed E-state index contributed by atoms with van der Waals surface area (Å²) in [5, 5.41) is 12.7. The molecule has 0 saturated heterocycles. The van der Waals surface area contributed by atoms with Crippen LogP contribution in [-0.2, 0) is 15.4 Å². The highest BCUT2D eigenvalue weighted by molar-refractivity contribution is 7.89. The first-order valence-electron chi connectivity index (χ1n) is 8.83. The van der Waals surface area contributed by atoms with Crippen molar-refractivity contribution >= 4 is 21.6 Å². The molecule has 2 aromatic rings. The third-order valence-corrected chi connectivity index (χ3v) is 5.93. The van der Waals surface area contributed by atoms with Crippen molar-refractivity contribution in [1.82, 2.24) is 4.72 Å². The normalized spacial score (nSPS) is 14.8. The fourth-order valence-electron chi connectivity index (χ4n) is 2.59. The monoisotopic (exact) mass is 388 g/mol. The van der Waals surface area contributed by atoms with Gasteiger partial charge in [0.25, 0.3) is 5.91 Å². The van der Waals surface area contributed by atoms with E-state index < -0.39 is 15.9 Å². The maximum absolute atomic E-state index is 12.6. The molecule has 0 aliphatic heterocycles. The molecule has 3 N–H and O–H groups in total. The minimum absolute atomic E-state index is 0.00966.